The molecule has 0 unspecified atom stereocenters. The average Bonchev–Trinajstić information content (AvgIpc) is 3.42. The van der Waals surface area contributed by atoms with Crippen LogP contribution in [0.5, 0.6) is 0 Å². The van der Waals surface area contributed by atoms with E-state index in [0.29, 0.717) is 22.9 Å². The maximum atomic E-state index is 13.2. The third kappa shape index (κ3) is 4.49. The Hall–Kier alpha value is -4.04. The Bertz CT molecular complexity index is 1540. The second kappa shape index (κ2) is 9.78. The van der Waals surface area contributed by atoms with Gasteiger partial charge in [0.1, 0.15) is 5.56 Å². The number of hydrogen-bond acceptors (Lipinski definition) is 6. The van der Waals surface area contributed by atoms with Crippen LogP contribution in [0.2, 0.25) is 0 Å². The molecule has 188 valence electrons. The fourth-order valence-electron chi connectivity index (χ4n) is 5.50. The lowest BCUT2D eigenvalue weighted by molar-refractivity contribution is 0.0961. The van der Waals surface area contributed by atoms with Crippen LogP contribution < -0.4 is 21.4 Å². The van der Waals surface area contributed by atoms with Gasteiger partial charge in [0, 0.05) is 30.8 Å². The predicted octanol–water partition coefficient (Wildman–Crippen LogP) is 3.84. The Balaban J connectivity index is 1.39. The zero-order valence-electron chi connectivity index (χ0n) is 20.9. The number of piperidine rings is 1. The van der Waals surface area contributed by atoms with Gasteiger partial charge in [0.2, 0.25) is 11.4 Å². The molecule has 0 saturated carbocycles. The smallest absolute Gasteiger partial charge is 0.256 e. The Labute approximate surface area is 215 Å². The molecule has 37 heavy (non-hydrogen) atoms. The summed E-state index contributed by atoms with van der Waals surface area (Å²) in [5, 5.41) is 9.57. The molecule has 3 N–H and O–H groups in total. The number of benzene rings is 2. The Morgan fingerprint density at radius 2 is 1.84 bits per heavy atom. The van der Waals surface area contributed by atoms with Gasteiger partial charge in [0.15, 0.2) is 5.65 Å². The number of aromatic nitrogens is 3. The maximum Gasteiger partial charge on any atom is 0.256 e. The zero-order valence-corrected chi connectivity index (χ0v) is 20.9. The van der Waals surface area contributed by atoms with Crippen molar-refractivity contribution in [2.24, 2.45) is 0 Å². The zero-order chi connectivity index (χ0) is 25.4. The summed E-state index contributed by atoms with van der Waals surface area (Å²) in [4.78, 5) is 34.9. The highest BCUT2D eigenvalue weighted by atomic mass is 16.2. The van der Waals surface area contributed by atoms with Gasteiger partial charge in [-0.1, -0.05) is 18.2 Å². The van der Waals surface area contributed by atoms with Crippen LogP contribution in [-0.2, 0) is 12.8 Å². The summed E-state index contributed by atoms with van der Waals surface area (Å²) >= 11 is 0. The van der Waals surface area contributed by atoms with Crippen LogP contribution in [0, 0.1) is 0 Å². The molecular formula is C29H30N6O2. The molecule has 0 spiro atoms. The van der Waals surface area contributed by atoms with Gasteiger partial charge in [-0.25, -0.2) is 4.98 Å². The van der Waals surface area contributed by atoms with Gasteiger partial charge in [0.05, 0.1) is 5.39 Å². The number of rotatable bonds is 5. The van der Waals surface area contributed by atoms with Crippen molar-refractivity contribution in [3.8, 4) is 5.69 Å². The third-order valence-electron chi connectivity index (χ3n) is 7.55. The van der Waals surface area contributed by atoms with Crippen LogP contribution in [0.3, 0.4) is 0 Å². The summed E-state index contributed by atoms with van der Waals surface area (Å²) in [6.45, 7) is 2.12. The summed E-state index contributed by atoms with van der Waals surface area (Å²) in [5.41, 5.74) is 5.88. The van der Waals surface area contributed by atoms with Crippen molar-refractivity contribution in [1.82, 2.24) is 25.2 Å². The summed E-state index contributed by atoms with van der Waals surface area (Å²) in [7, 11) is 1.52. The van der Waals surface area contributed by atoms with Crippen LogP contribution in [0.25, 0.3) is 16.7 Å². The van der Waals surface area contributed by atoms with Crippen molar-refractivity contribution in [1.29, 1.82) is 0 Å². The quantitative estimate of drug-likeness (QED) is 0.390. The maximum absolute atomic E-state index is 13.2. The molecule has 4 aromatic rings. The van der Waals surface area contributed by atoms with Gasteiger partial charge in [0.25, 0.3) is 5.91 Å². The van der Waals surface area contributed by atoms with Crippen molar-refractivity contribution < 1.29 is 4.79 Å². The minimum atomic E-state index is -0.433. The van der Waals surface area contributed by atoms with Crippen LogP contribution in [0.4, 0.5) is 11.6 Å². The topological polar surface area (TPSA) is 101 Å². The number of pyridine rings is 1. The second-order valence-electron chi connectivity index (χ2n) is 9.83. The lowest BCUT2D eigenvalue weighted by atomic mass is 9.90. The van der Waals surface area contributed by atoms with Crippen LogP contribution in [0.15, 0.2) is 59.7 Å². The van der Waals surface area contributed by atoms with E-state index in [0.717, 1.165) is 56.6 Å². The molecule has 0 radical (unpaired) electrons. The first-order valence-electron chi connectivity index (χ1n) is 12.9. The first-order chi connectivity index (χ1) is 18.1. The van der Waals surface area contributed by atoms with Crippen molar-refractivity contribution in [2.75, 3.05) is 25.5 Å². The molecule has 1 amide bonds. The van der Waals surface area contributed by atoms with E-state index < -0.39 is 5.91 Å². The standard InChI is InChI=1S/C29H30N6O2/c1-30-28(37)25-17-35(23-10-7-18-3-2-4-21(18)15-23)27-24(26(25)36)16-32-29(34-27)33-22-8-5-19(6-9-22)20-11-13-31-14-12-20/h5-10,15-17,20,31H,2-4,11-14H2,1H3,(H,30,37)(H,32,33,34). The number of anilines is 2. The third-order valence-corrected chi connectivity index (χ3v) is 7.55. The number of amides is 1. The van der Waals surface area contributed by atoms with Crippen molar-refractivity contribution in [3.63, 3.8) is 0 Å². The molecule has 2 aromatic heterocycles. The van der Waals surface area contributed by atoms with Crippen LogP contribution in [-0.4, -0.2) is 40.6 Å². The number of hydrogen-bond donors (Lipinski definition) is 3. The summed E-state index contributed by atoms with van der Waals surface area (Å²) < 4.78 is 1.83. The highest BCUT2D eigenvalue weighted by Gasteiger charge is 2.19. The van der Waals surface area contributed by atoms with E-state index in [-0.39, 0.29) is 11.0 Å². The number of fused-ring (bicyclic) bond motifs is 2. The fraction of sp³-hybridized carbons (Fsp3) is 0.310. The number of nitrogens with zero attached hydrogens (tertiary/aromatic N) is 3. The van der Waals surface area contributed by atoms with Gasteiger partial charge < -0.3 is 20.5 Å². The van der Waals surface area contributed by atoms with E-state index in [4.69, 9.17) is 4.98 Å². The van der Waals surface area contributed by atoms with Crippen molar-refractivity contribution in [3.05, 3.63) is 87.3 Å². The van der Waals surface area contributed by atoms with E-state index in [2.05, 4.69) is 45.2 Å². The van der Waals surface area contributed by atoms with Gasteiger partial charge in [-0.05, 0) is 92.1 Å². The number of aryl methyl sites for hydroxylation is 2. The molecule has 1 fully saturated rings. The number of carbonyl (C=O) groups excluding carboxylic acids is 1. The monoisotopic (exact) mass is 494 g/mol. The second-order valence-corrected chi connectivity index (χ2v) is 9.83. The molecule has 2 aliphatic rings. The minimum Gasteiger partial charge on any atom is -0.355 e. The molecule has 3 heterocycles. The van der Waals surface area contributed by atoms with Crippen molar-refractivity contribution >= 4 is 28.6 Å². The first kappa shape index (κ1) is 23.4. The molecule has 0 bridgehead atoms. The molecule has 1 aliphatic carbocycles. The van der Waals surface area contributed by atoms with E-state index in [9.17, 15) is 9.59 Å². The first-order valence-corrected chi connectivity index (χ1v) is 12.9. The summed E-state index contributed by atoms with van der Waals surface area (Å²) in [6, 6.07) is 14.7. The van der Waals surface area contributed by atoms with Crippen molar-refractivity contribution in [2.45, 2.75) is 38.0 Å². The van der Waals surface area contributed by atoms with Gasteiger partial charge in [-0.2, -0.15) is 4.98 Å². The number of nitrogens with one attached hydrogen (secondary N) is 3. The average molecular weight is 495 g/mol. The Morgan fingerprint density at radius 1 is 1.05 bits per heavy atom. The van der Waals surface area contributed by atoms with E-state index >= 15 is 0 Å². The largest absolute Gasteiger partial charge is 0.355 e. The fourth-order valence-corrected chi connectivity index (χ4v) is 5.50. The lowest BCUT2D eigenvalue weighted by Crippen LogP contribution is -2.27. The Kier molecular flexibility index (Phi) is 6.18. The van der Waals surface area contributed by atoms with E-state index in [1.807, 2.05) is 22.8 Å². The molecule has 1 aliphatic heterocycles. The summed E-state index contributed by atoms with van der Waals surface area (Å²) in [6.07, 6.45) is 8.64. The molecule has 0 atom stereocenters. The molecule has 8 nitrogen and oxygen atoms in total. The van der Waals surface area contributed by atoms with Crippen LogP contribution in [0.1, 0.15) is 52.2 Å². The SMILES string of the molecule is CNC(=O)c1cn(-c2ccc3c(c2)CCC3)c2nc(Nc3ccc(C4CCNCC4)cc3)ncc2c1=O. The van der Waals surface area contributed by atoms with Gasteiger partial charge in [-0.3, -0.25) is 9.59 Å². The van der Waals surface area contributed by atoms with Crippen LogP contribution >= 0.6 is 0 Å². The normalized spacial score (nSPS) is 15.5. The van der Waals surface area contributed by atoms with E-state index in [1.165, 1.54) is 29.9 Å². The molecule has 1 saturated heterocycles. The highest BCUT2D eigenvalue weighted by Crippen LogP contribution is 2.28. The Morgan fingerprint density at radius 3 is 2.62 bits per heavy atom. The number of carbonyl (C=O) groups is 1. The van der Waals surface area contributed by atoms with Gasteiger partial charge >= 0.3 is 0 Å². The highest BCUT2D eigenvalue weighted by molar-refractivity contribution is 5.97. The molecular weight excluding hydrogens is 464 g/mol. The molecule has 6 rings (SSSR count). The molecule has 8 heteroatoms. The van der Waals surface area contributed by atoms with E-state index in [1.54, 1.807) is 6.20 Å². The van der Waals surface area contributed by atoms with Gasteiger partial charge in [-0.15, -0.1) is 0 Å². The molecule has 2 aromatic carbocycles. The lowest BCUT2D eigenvalue weighted by Gasteiger charge is -2.23. The predicted molar refractivity (Wildman–Crippen MR) is 145 cm³/mol. The minimum absolute atomic E-state index is 0.0632. The summed E-state index contributed by atoms with van der Waals surface area (Å²) in [5.74, 6) is 0.547.